The van der Waals surface area contributed by atoms with Gasteiger partial charge in [0.25, 0.3) is 0 Å². The van der Waals surface area contributed by atoms with E-state index >= 15 is 0 Å². The Hall–Kier alpha value is -2.14. The van der Waals surface area contributed by atoms with E-state index in [1.165, 1.54) is 21.5 Å². The normalized spacial score (nSPS) is 15.4. The first-order chi connectivity index (χ1) is 11.2. The van der Waals surface area contributed by atoms with Gasteiger partial charge in [0.15, 0.2) is 0 Å². The highest BCUT2D eigenvalue weighted by molar-refractivity contribution is 7.18. The van der Waals surface area contributed by atoms with Gasteiger partial charge < -0.3 is 9.80 Å². The summed E-state index contributed by atoms with van der Waals surface area (Å²) in [4.78, 5) is 16.4. The second-order valence-corrected chi connectivity index (χ2v) is 7.17. The molecule has 1 aliphatic rings. The van der Waals surface area contributed by atoms with Crippen LogP contribution in [0.15, 0.2) is 36.7 Å². The Balaban J connectivity index is 1.59. The lowest BCUT2D eigenvalue weighted by Gasteiger charge is -2.37. The number of anilines is 2. The van der Waals surface area contributed by atoms with Crippen molar-refractivity contribution in [3.8, 4) is 0 Å². The fraction of sp³-hybridized carbons (Fsp3) is 0.333. The van der Waals surface area contributed by atoms with Crippen LogP contribution in [0.3, 0.4) is 0 Å². The van der Waals surface area contributed by atoms with Crippen LogP contribution in [0.4, 0.5) is 11.5 Å². The number of aryl methyl sites for hydroxylation is 2. The summed E-state index contributed by atoms with van der Waals surface area (Å²) in [6.07, 6.45) is 1.70. The highest BCUT2D eigenvalue weighted by atomic mass is 32.1. The van der Waals surface area contributed by atoms with E-state index in [1.807, 2.05) is 0 Å². The molecular formula is C18H20N4S. The molecule has 4 nitrogen and oxygen atoms in total. The van der Waals surface area contributed by atoms with Crippen molar-refractivity contribution in [2.45, 2.75) is 13.8 Å². The van der Waals surface area contributed by atoms with Crippen molar-refractivity contribution in [1.82, 2.24) is 9.97 Å². The van der Waals surface area contributed by atoms with Crippen LogP contribution < -0.4 is 9.80 Å². The minimum absolute atomic E-state index is 0.995. The SMILES string of the molecule is Cc1sc2ncnc(N3CCN(c4ccccc4)CC3)c2c1C. The molecule has 0 aliphatic carbocycles. The summed E-state index contributed by atoms with van der Waals surface area (Å²) in [5, 5.41) is 1.24. The number of rotatable bonds is 2. The second-order valence-electron chi connectivity index (χ2n) is 5.97. The highest BCUT2D eigenvalue weighted by Gasteiger charge is 2.22. The first-order valence-corrected chi connectivity index (χ1v) is 8.81. The Morgan fingerprint density at radius 3 is 2.35 bits per heavy atom. The molecule has 2 aromatic heterocycles. The molecule has 23 heavy (non-hydrogen) atoms. The minimum Gasteiger partial charge on any atom is -0.368 e. The molecule has 0 atom stereocenters. The molecule has 3 heterocycles. The zero-order valence-corrected chi connectivity index (χ0v) is 14.3. The van der Waals surface area contributed by atoms with Gasteiger partial charge in [-0.1, -0.05) is 18.2 Å². The van der Waals surface area contributed by atoms with Crippen LogP contribution in [0.1, 0.15) is 10.4 Å². The molecule has 0 amide bonds. The van der Waals surface area contributed by atoms with Crippen LogP contribution in [-0.2, 0) is 0 Å². The summed E-state index contributed by atoms with van der Waals surface area (Å²) in [7, 11) is 0. The van der Waals surface area contributed by atoms with E-state index in [0.29, 0.717) is 0 Å². The van der Waals surface area contributed by atoms with Crippen LogP contribution in [0.5, 0.6) is 0 Å². The van der Waals surface area contributed by atoms with Gasteiger partial charge in [0.05, 0.1) is 5.39 Å². The predicted octanol–water partition coefficient (Wildman–Crippen LogP) is 3.63. The van der Waals surface area contributed by atoms with Crippen molar-refractivity contribution < 1.29 is 0 Å². The van der Waals surface area contributed by atoms with E-state index in [9.17, 15) is 0 Å². The van der Waals surface area contributed by atoms with Gasteiger partial charge in [-0.05, 0) is 31.5 Å². The lowest BCUT2D eigenvalue weighted by molar-refractivity contribution is 0.649. The van der Waals surface area contributed by atoms with Crippen LogP contribution >= 0.6 is 11.3 Å². The predicted molar refractivity (Wildman–Crippen MR) is 97.8 cm³/mol. The molecule has 1 fully saturated rings. The first kappa shape index (κ1) is 14.5. The molecular weight excluding hydrogens is 304 g/mol. The molecule has 1 saturated heterocycles. The van der Waals surface area contributed by atoms with Gasteiger partial charge in [0, 0.05) is 36.7 Å². The van der Waals surface area contributed by atoms with Gasteiger partial charge in [0.2, 0.25) is 0 Å². The minimum atomic E-state index is 0.995. The number of benzene rings is 1. The van der Waals surface area contributed by atoms with Crippen molar-refractivity contribution in [1.29, 1.82) is 0 Å². The Bertz CT molecular complexity index is 820. The quantitative estimate of drug-likeness (QED) is 0.720. The summed E-state index contributed by atoms with van der Waals surface area (Å²) in [6.45, 7) is 8.39. The van der Waals surface area contributed by atoms with Crippen LogP contribution in [0.2, 0.25) is 0 Å². The Morgan fingerprint density at radius 2 is 1.61 bits per heavy atom. The maximum Gasteiger partial charge on any atom is 0.141 e. The van der Waals surface area contributed by atoms with E-state index in [2.05, 4.69) is 63.9 Å². The standard InChI is InChI=1S/C18H20N4S/c1-13-14(2)23-18-16(13)17(19-12-20-18)22-10-8-21(9-11-22)15-6-4-3-5-7-15/h3-7,12H,8-11H2,1-2H3. The Labute approximate surface area is 140 Å². The zero-order valence-electron chi connectivity index (χ0n) is 13.5. The number of hydrogen-bond acceptors (Lipinski definition) is 5. The molecule has 0 saturated carbocycles. The van der Waals surface area contributed by atoms with Crippen molar-refractivity contribution >= 4 is 33.1 Å². The smallest absolute Gasteiger partial charge is 0.141 e. The van der Waals surface area contributed by atoms with Gasteiger partial charge in [-0.2, -0.15) is 0 Å². The molecule has 0 spiro atoms. The maximum atomic E-state index is 4.61. The van der Waals surface area contributed by atoms with Crippen molar-refractivity contribution in [2.75, 3.05) is 36.0 Å². The second kappa shape index (κ2) is 5.81. The van der Waals surface area contributed by atoms with Crippen molar-refractivity contribution in [2.24, 2.45) is 0 Å². The number of para-hydroxylation sites is 1. The van der Waals surface area contributed by atoms with Crippen molar-refractivity contribution in [3.05, 3.63) is 47.1 Å². The molecule has 0 unspecified atom stereocenters. The number of piperazine rings is 1. The third-order valence-corrected chi connectivity index (χ3v) is 5.76. The van der Waals surface area contributed by atoms with E-state index in [-0.39, 0.29) is 0 Å². The third kappa shape index (κ3) is 2.55. The van der Waals surface area contributed by atoms with Crippen molar-refractivity contribution in [3.63, 3.8) is 0 Å². The molecule has 1 aliphatic heterocycles. The number of hydrogen-bond donors (Lipinski definition) is 0. The van der Waals surface area contributed by atoms with Crippen LogP contribution in [0.25, 0.3) is 10.2 Å². The third-order valence-electron chi connectivity index (χ3n) is 4.65. The van der Waals surface area contributed by atoms with Gasteiger partial charge in [-0.3, -0.25) is 0 Å². The fourth-order valence-electron chi connectivity index (χ4n) is 3.22. The molecule has 0 N–H and O–H groups in total. The number of nitrogens with zero attached hydrogens (tertiary/aromatic N) is 4. The van der Waals surface area contributed by atoms with E-state index < -0.39 is 0 Å². The molecule has 1 aromatic carbocycles. The topological polar surface area (TPSA) is 32.3 Å². The summed E-state index contributed by atoms with van der Waals surface area (Å²) in [5.41, 5.74) is 2.63. The summed E-state index contributed by atoms with van der Waals surface area (Å²) in [6, 6.07) is 10.6. The number of aromatic nitrogens is 2. The summed E-state index contributed by atoms with van der Waals surface area (Å²) >= 11 is 1.77. The largest absolute Gasteiger partial charge is 0.368 e. The van der Waals surface area contributed by atoms with Gasteiger partial charge in [0.1, 0.15) is 17.0 Å². The van der Waals surface area contributed by atoms with Crippen LogP contribution in [0, 0.1) is 13.8 Å². The monoisotopic (exact) mass is 324 g/mol. The lowest BCUT2D eigenvalue weighted by Crippen LogP contribution is -2.46. The van der Waals surface area contributed by atoms with E-state index in [4.69, 9.17) is 0 Å². The molecule has 118 valence electrons. The molecule has 0 radical (unpaired) electrons. The molecule has 3 aromatic rings. The summed E-state index contributed by atoms with van der Waals surface area (Å²) in [5.74, 6) is 1.10. The summed E-state index contributed by atoms with van der Waals surface area (Å²) < 4.78 is 0. The highest BCUT2D eigenvalue weighted by Crippen LogP contribution is 2.34. The zero-order chi connectivity index (χ0) is 15.8. The maximum absolute atomic E-state index is 4.61. The first-order valence-electron chi connectivity index (χ1n) is 7.99. The average Bonchev–Trinajstić information content (AvgIpc) is 2.90. The Morgan fingerprint density at radius 1 is 0.913 bits per heavy atom. The van der Waals surface area contributed by atoms with Gasteiger partial charge >= 0.3 is 0 Å². The Kier molecular flexibility index (Phi) is 3.65. The molecule has 5 heteroatoms. The lowest BCUT2D eigenvalue weighted by atomic mass is 10.2. The molecule has 4 rings (SSSR count). The number of thiophene rings is 1. The van der Waals surface area contributed by atoms with Gasteiger partial charge in [-0.25, -0.2) is 9.97 Å². The fourth-order valence-corrected chi connectivity index (χ4v) is 4.21. The van der Waals surface area contributed by atoms with Crippen LogP contribution in [-0.4, -0.2) is 36.1 Å². The van der Waals surface area contributed by atoms with E-state index in [1.54, 1.807) is 17.7 Å². The molecule has 0 bridgehead atoms. The number of fused-ring (bicyclic) bond motifs is 1. The van der Waals surface area contributed by atoms with Gasteiger partial charge in [-0.15, -0.1) is 11.3 Å². The van der Waals surface area contributed by atoms with E-state index in [0.717, 1.165) is 36.8 Å². The average molecular weight is 324 g/mol.